The average Bonchev–Trinajstić information content (AvgIpc) is 3.11. The fraction of sp³-hybridized carbons (Fsp3) is 0.250. The molecule has 6 heteroatoms. The lowest BCUT2D eigenvalue weighted by Crippen LogP contribution is -2.32. The van der Waals surface area contributed by atoms with Gasteiger partial charge in [0.2, 0.25) is 0 Å². The second kappa shape index (κ2) is 5.08. The van der Waals surface area contributed by atoms with Crippen molar-refractivity contribution in [2.24, 2.45) is 0 Å². The second-order valence-corrected chi connectivity index (χ2v) is 5.51. The van der Waals surface area contributed by atoms with E-state index >= 15 is 0 Å². The topological polar surface area (TPSA) is 85.8 Å². The van der Waals surface area contributed by atoms with Gasteiger partial charge in [-0.3, -0.25) is 0 Å². The normalized spacial score (nSPS) is 21.6. The molecule has 1 aromatic carbocycles. The summed E-state index contributed by atoms with van der Waals surface area (Å²) in [6, 6.07) is 6.07. The smallest absolute Gasteiger partial charge is 0.180 e. The van der Waals surface area contributed by atoms with Crippen LogP contribution in [0.2, 0.25) is 0 Å². The summed E-state index contributed by atoms with van der Waals surface area (Å²) in [7, 11) is 0. The largest absolute Gasteiger partial charge is 0.471 e. The summed E-state index contributed by atoms with van der Waals surface area (Å²) in [6.45, 7) is 0.516. The molecule has 5 N–H and O–H groups in total. The molecular weight excluding hydrogens is 282 g/mol. The van der Waals surface area contributed by atoms with Crippen molar-refractivity contribution in [3.05, 3.63) is 59.1 Å². The SMILES string of the molecule is OC(O)C1=C2NC(Cc3ccc4c(c3)OCN4)=CC2NC=C1. The summed E-state index contributed by atoms with van der Waals surface area (Å²) in [5.41, 5.74) is 4.48. The molecule has 0 fully saturated rings. The van der Waals surface area contributed by atoms with Crippen molar-refractivity contribution < 1.29 is 14.9 Å². The zero-order chi connectivity index (χ0) is 15.1. The van der Waals surface area contributed by atoms with Crippen molar-refractivity contribution in [2.75, 3.05) is 12.0 Å². The van der Waals surface area contributed by atoms with Gasteiger partial charge in [0.25, 0.3) is 0 Å². The number of dihydropyridines is 1. The van der Waals surface area contributed by atoms with Crippen LogP contribution in [0.5, 0.6) is 5.75 Å². The third kappa shape index (κ3) is 2.22. The highest BCUT2D eigenvalue weighted by Gasteiger charge is 2.27. The monoisotopic (exact) mass is 299 g/mol. The number of rotatable bonds is 3. The molecule has 0 saturated carbocycles. The number of fused-ring (bicyclic) bond motifs is 2. The number of hydrogen-bond donors (Lipinski definition) is 5. The Labute approximate surface area is 127 Å². The maximum absolute atomic E-state index is 9.44. The number of aliphatic hydroxyl groups excluding tert-OH is 1. The second-order valence-electron chi connectivity index (χ2n) is 5.51. The highest BCUT2D eigenvalue weighted by molar-refractivity contribution is 5.60. The predicted molar refractivity (Wildman–Crippen MR) is 81.8 cm³/mol. The lowest BCUT2D eigenvalue weighted by atomic mass is 10.1. The van der Waals surface area contributed by atoms with E-state index in [4.69, 9.17) is 4.74 Å². The van der Waals surface area contributed by atoms with Crippen LogP contribution in [0.15, 0.2) is 53.5 Å². The summed E-state index contributed by atoms with van der Waals surface area (Å²) >= 11 is 0. The number of ether oxygens (including phenoxy) is 1. The van der Waals surface area contributed by atoms with Crippen LogP contribution >= 0.6 is 0 Å². The summed E-state index contributed by atoms with van der Waals surface area (Å²) in [4.78, 5) is 0. The van der Waals surface area contributed by atoms with E-state index in [2.05, 4.69) is 28.1 Å². The van der Waals surface area contributed by atoms with Crippen LogP contribution in [0.4, 0.5) is 5.69 Å². The Balaban J connectivity index is 1.55. The maximum atomic E-state index is 9.44. The number of nitrogens with one attached hydrogen (secondary N) is 3. The number of benzene rings is 1. The van der Waals surface area contributed by atoms with Crippen LogP contribution < -0.4 is 20.7 Å². The number of hydrogen-bond acceptors (Lipinski definition) is 6. The Morgan fingerprint density at radius 1 is 1.32 bits per heavy atom. The summed E-state index contributed by atoms with van der Waals surface area (Å²) in [5, 5.41) is 28.5. The van der Waals surface area contributed by atoms with E-state index in [0.717, 1.165) is 34.8 Å². The molecule has 0 radical (unpaired) electrons. The van der Waals surface area contributed by atoms with Gasteiger partial charge in [-0.2, -0.15) is 0 Å². The highest BCUT2D eigenvalue weighted by Crippen LogP contribution is 2.31. The molecular formula is C16H17N3O3. The van der Waals surface area contributed by atoms with Crippen LogP contribution in [0.1, 0.15) is 5.56 Å². The van der Waals surface area contributed by atoms with Crippen molar-refractivity contribution >= 4 is 5.69 Å². The van der Waals surface area contributed by atoms with Crippen molar-refractivity contribution in [1.29, 1.82) is 0 Å². The Kier molecular flexibility index (Phi) is 3.06. The lowest BCUT2D eigenvalue weighted by Gasteiger charge is -2.21. The first-order valence-electron chi connectivity index (χ1n) is 7.21. The third-order valence-electron chi connectivity index (χ3n) is 4.03. The minimum absolute atomic E-state index is 0.0378. The molecule has 1 aromatic rings. The van der Waals surface area contributed by atoms with Gasteiger partial charge in [-0.25, -0.2) is 0 Å². The first-order valence-corrected chi connectivity index (χ1v) is 7.21. The van der Waals surface area contributed by atoms with Crippen LogP contribution in [0.25, 0.3) is 0 Å². The average molecular weight is 299 g/mol. The van der Waals surface area contributed by atoms with Gasteiger partial charge in [-0.15, -0.1) is 0 Å². The molecule has 3 aliphatic heterocycles. The lowest BCUT2D eigenvalue weighted by molar-refractivity contribution is -0.00629. The number of allylic oxidation sites excluding steroid dienone is 1. The van der Waals surface area contributed by atoms with Gasteiger partial charge in [0, 0.05) is 17.7 Å². The van der Waals surface area contributed by atoms with E-state index in [0.29, 0.717) is 12.3 Å². The van der Waals surface area contributed by atoms with Gasteiger partial charge in [0.05, 0.1) is 17.4 Å². The van der Waals surface area contributed by atoms with E-state index < -0.39 is 6.29 Å². The minimum atomic E-state index is -1.48. The minimum Gasteiger partial charge on any atom is -0.471 e. The molecule has 22 heavy (non-hydrogen) atoms. The zero-order valence-corrected chi connectivity index (χ0v) is 11.8. The summed E-state index contributed by atoms with van der Waals surface area (Å²) in [6.07, 6.45) is 4.73. The highest BCUT2D eigenvalue weighted by atomic mass is 16.5. The van der Waals surface area contributed by atoms with Gasteiger partial charge >= 0.3 is 0 Å². The van der Waals surface area contributed by atoms with Crippen LogP contribution in [-0.2, 0) is 6.42 Å². The van der Waals surface area contributed by atoms with Crippen molar-refractivity contribution in [2.45, 2.75) is 18.8 Å². The third-order valence-corrected chi connectivity index (χ3v) is 4.03. The molecule has 3 aliphatic rings. The predicted octanol–water partition coefficient (Wildman–Crippen LogP) is 0.528. The summed E-state index contributed by atoms with van der Waals surface area (Å²) in [5.74, 6) is 0.874. The molecule has 3 heterocycles. The standard InChI is InChI=1S/C16H17N3O3/c20-16(21)11-3-4-17-13-7-10(19-15(11)13)5-9-1-2-12-14(6-9)22-8-18-12/h1-4,6-7,13,16-21H,5,8H2. The molecule has 1 atom stereocenters. The van der Waals surface area contributed by atoms with Crippen molar-refractivity contribution in [3.8, 4) is 5.75 Å². The maximum Gasteiger partial charge on any atom is 0.180 e. The van der Waals surface area contributed by atoms with Crippen molar-refractivity contribution in [3.63, 3.8) is 0 Å². The molecule has 0 spiro atoms. The fourth-order valence-electron chi connectivity index (χ4n) is 2.97. The fourth-order valence-corrected chi connectivity index (χ4v) is 2.97. The van der Waals surface area contributed by atoms with E-state index in [1.165, 1.54) is 0 Å². The Morgan fingerprint density at radius 2 is 2.23 bits per heavy atom. The molecule has 0 saturated heterocycles. The molecule has 1 unspecified atom stereocenters. The number of anilines is 1. The van der Waals surface area contributed by atoms with Crippen LogP contribution in [0, 0.1) is 0 Å². The quantitative estimate of drug-likeness (QED) is 0.524. The van der Waals surface area contributed by atoms with Crippen molar-refractivity contribution in [1.82, 2.24) is 10.6 Å². The molecule has 0 aromatic heterocycles. The molecule has 0 bridgehead atoms. The van der Waals surface area contributed by atoms with Gasteiger partial charge in [-0.05, 0) is 36.0 Å². The van der Waals surface area contributed by atoms with E-state index in [-0.39, 0.29) is 6.04 Å². The van der Waals surface area contributed by atoms with Gasteiger partial charge in [0.15, 0.2) is 13.0 Å². The molecule has 0 amide bonds. The molecule has 4 rings (SSSR count). The molecule has 0 aliphatic carbocycles. The first-order chi connectivity index (χ1) is 10.7. The Hall–Kier alpha value is -2.44. The Morgan fingerprint density at radius 3 is 3.09 bits per heavy atom. The van der Waals surface area contributed by atoms with Crippen LogP contribution in [0.3, 0.4) is 0 Å². The molecule has 6 nitrogen and oxygen atoms in total. The van der Waals surface area contributed by atoms with E-state index in [1.807, 2.05) is 12.1 Å². The summed E-state index contributed by atoms with van der Waals surface area (Å²) < 4.78 is 5.50. The van der Waals surface area contributed by atoms with Gasteiger partial charge in [0.1, 0.15) is 5.75 Å². The van der Waals surface area contributed by atoms with E-state index in [9.17, 15) is 10.2 Å². The first kappa shape index (κ1) is 13.2. The zero-order valence-electron chi connectivity index (χ0n) is 11.8. The van der Waals surface area contributed by atoms with Crippen LogP contribution in [-0.4, -0.2) is 29.3 Å². The molecule has 114 valence electrons. The Bertz CT molecular complexity index is 707. The van der Waals surface area contributed by atoms with Gasteiger partial charge in [-0.1, -0.05) is 6.07 Å². The number of aliphatic hydroxyl groups is 2. The van der Waals surface area contributed by atoms with E-state index in [1.54, 1.807) is 12.3 Å². The van der Waals surface area contributed by atoms with Gasteiger partial charge < -0.3 is 30.9 Å².